The lowest BCUT2D eigenvalue weighted by molar-refractivity contribution is -0.139. The van der Waals surface area contributed by atoms with Gasteiger partial charge in [-0.1, -0.05) is 66.7 Å². The van der Waals surface area contributed by atoms with Crippen molar-refractivity contribution < 1.29 is 13.9 Å². The van der Waals surface area contributed by atoms with E-state index in [1.54, 1.807) is 19.2 Å². The second-order valence-electron chi connectivity index (χ2n) is 8.33. The number of benzene rings is 3. The van der Waals surface area contributed by atoms with Gasteiger partial charge in [0.25, 0.3) is 0 Å². The molecule has 1 unspecified atom stereocenters. The summed E-state index contributed by atoms with van der Waals surface area (Å²) in [4.78, 5) is 17.9. The first-order chi connectivity index (χ1) is 16.0. The van der Waals surface area contributed by atoms with Gasteiger partial charge in [0.1, 0.15) is 11.6 Å². The minimum Gasteiger partial charge on any atom is -0.497 e. The molecule has 0 aliphatic carbocycles. The number of halogens is 1. The summed E-state index contributed by atoms with van der Waals surface area (Å²) in [6, 6.07) is 23.8. The molecule has 1 heterocycles. The fraction of sp³-hybridized carbons (Fsp3) is 0.250. The third kappa shape index (κ3) is 5.49. The molecule has 4 rings (SSSR count). The van der Waals surface area contributed by atoms with Gasteiger partial charge < -0.3 is 9.64 Å². The van der Waals surface area contributed by atoms with Gasteiger partial charge in [-0.3, -0.25) is 9.69 Å². The second kappa shape index (κ2) is 10.5. The van der Waals surface area contributed by atoms with Gasteiger partial charge in [0.15, 0.2) is 0 Å². The molecule has 1 aliphatic heterocycles. The van der Waals surface area contributed by atoms with E-state index in [4.69, 9.17) is 4.74 Å². The van der Waals surface area contributed by atoms with E-state index in [2.05, 4.69) is 29.2 Å². The van der Waals surface area contributed by atoms with Crippen LogP contribution in [0.1, 0.15) is 29.7 Å². The zero-order chi connectivity index (χ0) is 23.2. The van der Waals surface area contributed by atoms with E-state index in [1.807, 2.05) is 54.3 Å². The van der Waals surface area contributed by atoms with Crippen molar-refractivity contribution in [2.45, 2.75) is 32.1 Å². The molecule has 33 heavy (non-hydrogen) atoms. The smallest absolute Gasteiger partial charge is 0.240 e. The number of carbonyl (C=O) groups excluding carboxylic acids is 1. The molecule has 0 N–H and O–H groups in total. The van der Waals surface area contributed by atoms with Crippen molar-refractivity contribution in [3.05, 3.63) is 114 Å². The molecule has 0 saturated carbocycles. The van der Waals surface area contributed by atoms with Crippen LogP contribution in [0.5, 0.6) is 5.75 Å². The minimum atomic E-state index is -0.309. The fourth-order valence-electron chi connectivity index (χ4n) is 4.19. The van der Waals surface area contributed by atoms with E-state index in [0.29, 0.717) is 19.6 Å². The number of hydrogen-bond donors (Lipinski definition) is 0. The number of carbonyl (C=O) groups is 1. The number of amides is 1. The summed E-state index contributed by atoms with van der Waals surface area (Å²) in [7, 11) is 1.64. The van der Waals surface area contributed by atoms with Crippen LogP contribution < -0.4 is 4.74 Å². The average Bonchev–Trinajstić information content (AvgIpc) is 2.85. The first-order valence-electron chi connectivity index (χ1n) is 11.2. The highest BCUT2D eigenvalue weighted by Crippen LogP contribution is 2.29. The Kier molecular flexibility index (Phi) is 7.20. The molecule has 170 valence electrons. The third-order valence-electron chi connectivity index (χ3n) is 6.13. The summed E-state index contributed by atoms with van der Waals surface area (Å²) in [6.07, 6.45) is 4.23. The number of methoxy groups -OCH3 is 1. The van der Waals surface area contributed by atoms with Crippen molar-refractivity contribution in [3.8, 4) is 5.75 Å². The van der Waals surface area contributed by atoms with Crippen molar-refractivity contribution in [3.63, 3.8) is 0 Å². The van der Waals surface area contributed by atoms with Crippen molar-refractivity contribution in [1.29, 1.82) is 0 Å². The van der Waals surface area contributed by atoms with Crippen LogP contribution in [0.25, 0.3) is 0 Å². The molecule has 1 amide bonds. The number of hydrogen-bond acceptors (Lipinski definition) is 3. The van der Waals surface area contributed by atoms with E-state index in [0.717, 1.165) is 16.9 Å². The van der Waals surface area contributed by atoms with Crippen LogP contribution in [0.4, 0.5) is 4.39 Å². The van der Waals surface area contributed by atoms with Crippen molar-refractivity contribution >= 4 is 5.91 Å². The van der Waals surface area contributed by atoms with Gasteiger partial charge in [0.2, 0.25) is 5.91 Å². The minimum absolute atomic E-state index is 0.0421. The summed E-state index contributed by atoms with van der Waals surface area (Å²) in [5, 5.41) is 0. The summed E-state index contributed by atoms with van der Waals surface area (Å²) in [6.45, 7) is 3.73. The van der Waals surface area contributed by atoms with Gasteiger partial charge in [-0.25, -0.2) is 4.39 Å². The summed E-state index contributed by atoms with van der Waals surface area (Å²) in [5.41, 5.74) is 3.06. The first kappa shape index (κ1) is 22.7. The van der Waals surface area contributed by atoms with Gasteiger partial charge in [-0.15, -0.1) is 0 Å². The molecular weight excluding hydrogens is 415 g/mol. The fourth-order valence-corrected chi connectivity index (χ4v) is 4.19. The molecule has 0 fully saturated rings. The molecule has 1 aliphatic rings. The Labute approximate surface area is 194 Å². The van der Waals surface area contributed by atoms with Crippen molar-refractivity contribution in [2.24, 2.45) is 0 Å². The van der Waals surface area contributed by atoms with Crippen LogP contribution >= 0.6 is 0 Å². The molecule has 3 aromatic carbocycles. The lowest BCUT2D eigenvalue weighted by Gasteiger charge is -2.38. The molecule has 0 saturated heterocycles. The highest BCUT2D eigenvalue weighted by Gasteiger charge is 2.32. The first-order valence-corrected chi connectivity index (χ1v) is 11.2. The van der Waals surface area contributed by atoms with Crippen molar-refractivity contribution in [2.75, 3.05) is 13.7 Å². The van der Waals surface area contributed by atoms with E-state index in [-0.39, 0.29) is 23.8 Å². The predicted molar refractivity (Wildman–Crippen MR) is 128 cm³/mol. The van der Waals surface area contributed by atoms with E-state index in [9.17, 15) is 9.18 Å². The largest absolute Gasteiger partial charge is 0.497 e. The Morgan fingerprint density at radius 1 is 0.909 bits per heavy atom. The second-order valence-corrected chi connectivity index (χ2v) is 8.33. The Morgan fingerprint density at radius 2 is 1.58 bits per heavy atom. The molecular formula is C28H29FN2O2. The van der Waals surface area contributed by atoms with Crippen LogP contribution in [-0.4, -0.2) is 35.4 Å². The number of nitrogens with zero attached hydrogens (tertiary/aromatic N) is 2. The molecule has 3 aromatic rings. The van der Waals surface area contributed by atoms with Crippen LogP contribution in [-0.2, 0) is 17.9 Å². The Hall–Kier alpha value is -3.44. The maximum absolute atomic E-state index is 13.8. The monoisotopic (exact) mass is 444 g/mol. The number of rotatable bonds is 6. The highest BCUT2D eigenvalue weighted by atomic mass is 19.1. The lowest BCUT2D eigenvalue weighted by Crippen LogP contribution is -2.48. The van der Waals surface area contributed by atoms with Gasteiger partial charge in [-0.05, 0) is 47.9 Å². The van der Waals surface area contributed by atoms with Crippen LogP contribution in [0, 0.1) is 5.82 Å². The predicted octanol–water partition coefficient (Wildman–Crippen LogP) is 5.36. The zero-order valence-corrected chi connectivity index (χ0v) is 19.0. The lowest BCUT2D eigenvalue weighted by atomic mass is 10.00. The molecule has 4 nitrogen and oxygen atoms in total. The standard InChI is InChI=1S/C28H29FN2O2/c1-21-28(32)31(20-23-10-14-25(29)15-11-23)27(24-12-16-26(33-2)17-13-24)9-6-18-30(21)19-22-7-4-3-5-8-22/h3-17,21,27H,18-20H2,1-2H3/b9-6-/t21-,27?/m0/s1. The summed E-state index contributed by atoms with van der Waals surface area (Å²) in [5.74, 6) is 0.527. The maximum atomic E-state index is 13.8. The third-order valence-corrected chi connectivity index (χ3v) is 6.13. The topological polar surface area (TPSA) is 32.8 Å². The van der Waals surface area contributed by atoms with Crippen molar-refractivity contribution in [1.82, 2.24) is 9.80 Å². The Bertz CT molecular complexity index is 1080. The molecule has 0 radical (unpaired) electrons. The average molecular weight is 445 g/mol. The Morgan fingerprint density at radius 3 is 2.24 bits per heavy atom. The maximum Gasteiger partial charge on any atom is 0.240 e. The highest BCUT2D eigenvalue weighted by molar-refractivity contribution is 5.82. The Balaban J connectivity index is 1.67. The van der Waals surface area contributed by atoms with E-state index >= 15 is 0 Å². The van der Waals surface area contributed by atoms with E-state index in [1.165, 1.54) is 17.7 Å². The zero-order valence-electron chi connectivity index (χ0n) is 19.0. The molecule has 0 bridgehead atoms. The normalized spacial score (nSPS) is 20.2. The van der Waals surface area contributed by atoms with Crippen LogP contribution in [0.3, 0.4) is 0 Å². The molecule has 5 heteroatoms. The van der Waals surface area contributed by atoms with Gasteiger partial charge in [0.05, 0.1) is 19.2 Å². The van der Waals surface area contributed by atoms with Crippen LogP contribution in [0.15, 0.2) is 91.0 Å². The SMILES string of the molecule is COc1ccc(C2/C=C\CN(Cc3ccccc3)[C@@H](C)C(=O)N2Cc2ccc(F)cc2)cc1. The van der Waals surface area contributed by atoms with Gasteiger partial charge in [0, 0.05) is 19.6 Å². The molecule has 0 aromatic heterocycles. The van der Waals surface area contributed by atoms with E-state index < -0.39 is 0 Å². The quantitative estimate of drug-likeness (QED) is 0.480. The number of ether oxygens (including phenoxy) is 1. The van der Waals surface area contributed by atoms with Gasteiger partial charge in [-0.2, -0.15) is 0 Å². The summed E-state index contributed by atoms with van der Waals surface area (Å²) >= 11 is 0. The summed E-state index contributed by atoms with van der Waals surface area (Å²) < 4.78 is 18.8. The molecule has 2 atom stereocenters. The van der Waals surface area contributed by atoms with Gasteiger partial charge >= 0.3 is 0 Å². The van der Waals surface area contributed by atoms with Crippen LogP contribution in [0.2, 0.25) is 0 Å². The molecule has 0 spiro atoms.